The fourth-order valence-corrected chi connectivity index (χ4v) is 3.13. The van der Waals surface area contributed by atoms with Crippen molar-refractivity contribution >= 4 is 31.3 Å². The fourth-order valence-electron chi connectivity index (χ4n) is 2.14. The maximum Gasteiger partial charge on any atom is 0.264 e. The van der Waals surface area contributed by atoms with Crippen molar-refractivity contribution in [2.75, 3.05) is 25.6 Å². The van der Waals surface area contributed by atoms with E-state index in [0.29, 0.717) is 18.9 Å². The number of hydrogen-bond donors (Lipinski definition) is 1. The number of ether oxygens (including phenoxy) is 2. The molecule has 1 atom stereocenters. The summed E-state index contributed by atoms with van der Waals surface area (Å²) in [4.78, 5) is 11.9. The molecule has 1 aliphatic rings. The van der Waals surface area contributed by atoms with E-state index in [1.54, 1.807) is 0 Å². The van der Waals surface area contributed by atoms with Crippen LogP contribution in [0.15, 0.2) is 23.1 Å². The van der Waals surface area contributed by atoms with Crippen molar-refractivity contribution in [3.05, 3.63) is 18.2 Å². The van der Waals surface area contributed by atoms with Gasteiger partial charge in [0.1, 0.15) is 10.6 Å². The molecule has 0 aliphatic carbocycles. The van der Waals surface area contributed by atoms with E-state index in [0.717, 1.165) is 12.8 Å². The maximum atomic E-state index is 12.1. The Hall–Kier alpha value is -1.31. The first-order valence-electron chi connectivity index (χ1n) is 6.43. The van der Waals surface area contributed by atoms with Gasteiger partial charge in [0, 0.05) is 29.0 Å². The minimum atomic E-state index is -3.90. The number of benzene rings is 1. The van der Waals surface area contributed by atoms with Crippen LogP contribution in [0, 0.1) is 5.92 Å². The summed E-state index contributed by atoms with van der Waals surface area (Å²) in [5.41, 5.74) is 0.450. The zero-order valence-corrected chi connectivity index (χ0v) is 13.0. The summed E-state index contributed by atoms with van der Waals surface area (Å²) >= 11 is 0. The highest BCUT2D eigenvalue weighted by Crippen LogP contribution is 2.30. The number of amides is 1. The summed E-state index contributed by atoms with van der Waals surface area (Å²) < 4.78 is 33.0. The lowest BCUT2D eigenvalue weighted by molar-refractivity contribution is -0.123. The first kappa shape index (κ1) is 16.1. The molecular weight excluding hydrogens is 318 g/mol. The third-order valence-corrected chi connectivity index (χ3v) is 4.59. The molecule has 116 valence electrons. The molecule has 1 N–H and O–H groups in total. The van der Waals surface area contributed by atoms with Crippen LogP contribution >= 0.6 is 10.7 Å². The van der Waals surface area contributed by atoms with Crippen LogP contribution < -0.4 is 10.1 Å². The minimum absolute atomic E-state index is 0.0858. The summed E-state index contributed by atoms with van der Waals surface area (Å²) in [6.07, 6.45) is 1.63. The van der Waals surface area contributed by atoms with Gasteiger partial charge in [0.15, 0.2) is 0 Å². The third kappa shape index (κ3) is 4.09. The smallest absolute Gasteiger partial charge is 0.264 e. The molecule has 1 aromatic rings. The van der Waals surface area contributed by atoms with Crippen LogP contribution in [0.4, 0.5) is 5.69 Å². The van der Waals surface area contributed by atoms with E-state index in [2.05, 4.69) is 5.32 Å². The van der Waals surface area contributed by atoms with E-state index >= 15 is 0 Å². The normalized spacial score (nSPS) is 19.0. The van der Waals surface area contributed by atoms with Crippen molar-refractivity contribution < 1.29 is 22.7 Å². The highest BCUT2D eigenvalue weighted by molar-refractivity contribution is 8.13. The van der Waals surface area contributed by atoms with Gasteiger partial charge in [-0.3, -0.25) is 4.79 Å². The average molecular weight is 334 g/mol. The van der Waals surface area contributed by atoms with E-state index in [1.165, 1.54) is 25.3 Å². The average Bonchev–Trinajstić information content (AvgIpc) is 2.46. The van der Waals surface area contributed by atoms with Crippen LogP contribution in [0.25, 0.3) is 0 Å². The summed E-state index contributed by atoms with van der Waals surface area (Å²) in [6, 6.07) is 4.20. The molecule has 0 radical (unpaired) electrons. The highest BCUT2D eigenvalue weighted by Gasteiger charge is 2.23. The summed E-state index contributed by atoms with van der Waals surface area (Å²) in [6.45, 7) is 1.08. The molecule has 21 heavy (non-hydrogen) atoms. The predicted molar refractivity (Wildman–Crippen MR) is 78.2 cm³/mol. The van der Waals surface area contributed by atoms with Crippen LogP contribution in [0.2, 0.25) is 0 Å². The lowest BCUT2D eigenvalue weighted by atomic mass is 10.0. The van der Waals surface area contributed by atoms with Crippen LogP contribution in [0.5, 0.6) is 5.75 Å². The van der Waals surface area contributed by atoms with E-state index in [1.807, 2.05) is 0 Å². The summed E-state index contributed by atoms with van der Waals surface area (Å²) in [7, 11) is 2.75. The van der Waals surface area contributed by atoms with Crippen molar-refractivity contribution in [2.24, 2.45) is 5.92 Å². The van der Waals surface area contributed by atoms with Gasteiger partial charge in [-0.2, -0.15) is 0 Å². The number of nitrogens with one attached hydrogen (secondary N) is 1. The van der Waals surface area contributed by atoms with Gasteiger partial charge in [0.05, 0.1) is 19.6 Å². The van der Waals surface area contributed by atoms with Gasteiger partial charge in [-0.1, -0.05) is 0 Å². The Morgan fingerprint density at radius 2 is 2.24 bits per heavy atom. The van der Waals surface area contributed by atoms with Crippen LogP contribution in [-0.2, 0) is 18.6 Å². The molecule has 6 nitrogen and oxygen atoms in total. The van der Waals surface area contributed by atoms with Gasteiger partial charge >= 0.3 is 0 Å². The molecule has 1 amide bonds. The Bertz CT molecular complexity index is 625. The molecule has 0 saturated carbocycles. The standard InChI is InChI=1S/C13H16ClNO5S/c1-19-11-7-10(4-5-12(11)21(14,17)18)15-13(16)9-3-2-6-20-8-9/h4-5,7,9H,2-3,6,8H2,1H3,(H,15,16). The Balaban J connectivity index is 2.15. The molecular formula is C13H16ClNO5S. The molecule has 8 heteroatoms. The maximum absolute atomic E-state index is 12.1. The quantitative estimate of drug-likeness (QED) is 0.852. The van der Waals surface area contributed by atoms with Crippen LogP contribution in [0.3, 0.4) is 0 Å². The molecule has 1 saturated heterocycles. The Morgan fingerprint density at radius 1 is 1.48 bits per heavy atom. The summed E-state index contributed by atoms with van der Waals surface area (Å²) in [5, 5.41) is 2.73. The second kappa shape index (κ2) is 6.64. The first-order valence-corrected chi connectivity index (χ1v) is 8.74. The number of hydrogen-bond acceptors (Lipinski definition) is 5. The monoisotopic (exact) mass is 333 g/mol. The highest BCUT2D eigenvalue weighted by atomic mass is 35.7. The predicted octanol–water partition coefficient (Wildman–Crippen LogP) is 1.99. The lowest BCUT2D eigenvalue weighted by Gasteiger charge is -2.21. The van der Waals surface area contributed by atoms with Crippen LogP contribution in [0.1, 0.15) is 12.8 Å². The Morgan fingerprint density at radius 3 is 2.81 bits per heavy atom. The number of rotatable bonds is 4. The molecule has 1 fully saturated rings. The molecule has 0 spiro atoms. The second-order valence-electron chi connectivity index (χ2n) is 4.71. The zero-order chi connectivity index (χ0) is 15.5. The zero-order valence-electron chi connectivity index (χ0n) is 11.5. The van der Waals surface area contributed by atoms with Crippen molar-refractivity contribution in [2.45, 2.75) is 17.7 Å². The van der Waals surface area contributed by atoms with E-state index in [9.17, 15) is 13.2 Å². The Labute approximate surface area is 127 Å². The fraction of sp³-hybridized carbons (Fsp3) is 0.462. The largest absolute Gasteiger partial charge is 0.495 e. The number of carbonyl (C=O) groups excluding carboxylic acids is 1. The van der Waals surface area contributed by atoms with Gasteiger partial charge in [0.25, 0.3) is 9.05 Å². The van der Waals surface area contributed by atoms with Gasteiger partial charge in [0.2, 0.25) is 5.91 Å². The van der Waals surface area contributed by atoms with Gasteiger partial charge < -0.3 is 14.8 Å². The number of anilines is 1. The number of halogens is 1. The van der Waals surface area contributed by atoms with Crippen molar-refractivity contribution in [1.29, 1.82) is 0 Å². The topological polar surface area (TPSA) is 81.7 Å². The van der Waals surface area contributed by atoms with E-state index in [4.69, 9.17) is 20.2 Å². The lowest BCUT2D eigenvalue weighted by Crippen LogP contribution is -2.30. The minimum Gasteiger partial charge on any atom is -0.495 e. The molecule has 1 aliphatic heterocycles. The first-order chi connectivity index (χ1) is 9.91. The van der Waals surface area contributed by atoms with Gasteiger partial charge in [-0.05, 0) is 25.0 Å². The van der Waals surface area contributed by atoms with E-state index in [-0.39, 0.29) is 22.5 Å². The van der Waals surface area contributed by atoms with Crippen LogP contribution in [-0.4, -0.2) is 34.6 Å². The SMILES string of the molecule is COc1cc(NC(=O)C2CCCOC2)ccc1S(=O)(=O)Cl. The Kier molecular flexibility index (Phi) is 5.08. The van der Waals surface area contributed by atoms with Gasteiger partial charge in [-0.25, -0.2) is 8.42 Å². The molecule has 2 rings (SSSR count). The summed E-state index contributed by atoms with van der Waals surface area (Å²) in [5.74, 6) is -0.262. The second-order valence-corrected chi connectivity index (χ2v) is 7.24. The molecule has 0 bridgehead atoms. The van der Waals surface area contributed by atoms with Crippen molar-refractivity contribution in [3.8, 4) is 5.75 Å². The molecule has 0 aromatic heterocycles. The number of carbonyl (C=O) groups is 1. The number of methoxy groups -OCH3 is 1. The molecule has 1 heterocycles. The van der Waals surface area contributed by atoms with E-state index < -0.39 is 9.05 Å². The third-order valence-electron chi connectivity index (χ3n) is 3.22. The molecule has 1 unspecified atom stereocenters. The van der Waals surface area contributed by atoms with Crippen molar-refractivity contribution in [3.63, 3.8) is 0 Å². The molecule has 1 aromatic carbocycles. The van der Waals surface area contributed by atoms with Crippen molar-refractivity contribution in [1.82, 2.24) is 0 Å². The van der Waals surface area contributed by atoms with Gasteiger partial charge in [-0.15, -0.1) is 0 Å².